The van der Waals surface area contributed by atoms with Gasteiger partial charge in [0.2, 0.25) is 0 Å². The molecule has 0 saturated carbocycles. The van der Waals surface area contributed by atoms with Crippen LogP contribution in [0.3, 0.4) is 0 Å². The molecule has 2 aromatic rings. The van der Waals surface area contributed by atoms with Gasteiger partial charge in [-0.15, -0.1) is 0 Å². The predicted octanol–water partition coefficient (Wildman–Crippen LogP) is 3.19. The standard InChI is InChI=1S/C14H14ClNO/c1-14(17,9-11-5-4-8-16-10-11)12-6-2-3-7-13(12)15/h2-8,10,17H,9H2,1H3. The topological polar surface area (TPSA) is 33.1 Å². The molecule has 0 fully saturated rings. The Bertz CT molecular complexity index is 497. The molecule has 0 aliphatic carbocycles. The fraction of sp³-hybridized carbons (Fsp3) is 0.214. The second kappa shape index (κ2) is 4.86. The lowest BCUT2D eigenvalue weighted by Gasteiger charge is -2.24. The molecule has 0 aliphatic rings. The van der Waals surface area contributed by atoms with Crippen LogP contribution in [-0.4, -0.2) is 10.1 Å². The molecule has 1 heterocycles. The molecule has 1 unspecified atom stereocenters. The van der Waals surface area contributed by atoms with Gasteiger partial charge in [0, 0.05) is 29.4 Å². The van der Waals surface area contributed by atoms with Crippen molar-refractivity contribution in [3.63, 3.8) is 0 Å². The monoisotopic (exact) mass is 247 g/mol. The maximum absolute atomic E-state index is 10.5. The van der Waals surface area contributed by atoms with Crippen LogP contribution in [-0.2, 0) is 12.0 Å². The lowest BCUT2D eigenvalue weighted by Crippen LogP contribution is -2.24. The third kappa shape index (κ3) is 2.84. The fourth-order valence-corrected chi connectivity index (χ4v) is 2.23. The van der Waals surface area contributed by atoms with Crippen LogP contribution in [0, 0.1) is 0 Å². The Balaban J connectivity index is 2.28. The normalized spacial score (nSPS) is 14.3. The average Bonchev–Trinajstić information content (AvgIpc) is 2.30. The lowest BCUT2D eigenvalue weighted by atomic mass is 9.89. The van der Waals surface area contributed by atoms with Crippen molar-refractivity contribution in [1.82, 2.24) is 4.98 Å². The number of rotatable bonds is 3. The minimum Gasteiger partial charge on any atom is -0.385 e. The van der Waals surface area contributed by atoms with Crippen molar-refractivity contribution < 1.29 is 5.11 Å². The fourth-order valence-electron chi connectivity index (χ4n) is 1.89. The van der Waals surface area contributed by atoms with Crippen molar-refractivity contribution in [3.05, 3.63) is 64.9 Å². The van der Waals surface area contributed by atoms with Gasteiger partial charge in [0.15, 0.2) is 0 Å². The predicted molar refractivity (Wildman–Crippen MR) is 69.0 cm³/mol. The Labute approximate surface area is 106 Å². The van der Waals surface area contributed by atoms with Gasteiger partial charge in [0.25, 0.3) is 0 Å². The number of aromatic nitrogens is 1. The average molecular weight is 248 g/mol. The first-order valence-corrected chi connectivity index (χ1v) is 5.84. The highest BCUT2D eigenvalue weighted by atomic mass is 35.5. The molecule has 0 spiro atoms. The van der Waals surface area contributed by atoms with Crippen LogP contribution >= 0.6 is 11.6 Å². The molecule has 0 amide bonds. The second-order valence-corrected chi connectivity index (χ2v) is 4.70. The van der Waals surface area contributed by atoms with E-state index in [0.29, 0.717) is 11.4 Å². The van der Waals surface area contributed by atoms with E-state index < -0.39 is 5.60 Å². The summed E-state index contributed by atoms with van der Waals surface area (Å²) in [4.78, 5) is 4.04. The molecule has 1 atom stereocenters. The maximum Gasteiger partial charge on any atom is 0.0923 e. The van der Waals surface area contributed by atoms with Crippen molar-refractivity contribution in [1.29, 1.82) is 0 Å². The molecule has 1 aromatic carbocycles. The highest BCUT2D eigenvalue weighted by molar-refractivity contribution is 6.31. The number of aliphatic hydroxyl groups is 1. The first-order valence-electron chi connectivity index (χ1n) is 5.46. The summed E-state index contributed by atoms with van der Waals surface area (Å²) in [7, 11) is 0. The van der Waals surface area contributed by atoms with Gasteiger partial charge >= 0.3 is 0 Å². The largest absolute Gasteiger partial charge is 0.385 e. The van der Waals surface area contributed by atoms with E-state index in [9.17, 15) is 5.11 Å². The van der Waals surface area contributed by atoms with Crippen molar-refractivity contribution in [2.45, 2.75) is 18.9 Å². The summed E-state index contributed by atoms with van der Waals surface area (Å²) < 4.78 is 0. The Hall–Kier alpha value is -1.38. The van der Waals surface area contributed by atoms with Gasteiger partial charge in [-0.3, -0.25) is 4.98 Å². The maximum atomic E-state index is 10.5. The van der Waals surface area contributed by atoms with Gasteiger partial charge in [-0.2, -0.15) is 0 Å². The summed E-state index contributed by atoms with van der Waals surface area (Å²) in [6.07, 6.45) is 3.96. The molecule has 1 N–H and O–H groups in total. The zero-order chi connectivity index (χ0) is 12.3. The van der Waals surface area contributed by atoms with Crippen molar-refractivity contribution >= 4 is 11.6 Å². The van der Waals surface area contributed by atoms with E-state index in [1.807, 2.05) is 30.3 Å². The van der Waals surface area contributed by atoms with Crippen LogP contribution < -0.4 is 0 Å². The summed E-state index contributed by atoms with van der Waals surface area (Å²) in [5.41, 5.74) is 0.740. The zero-order valence-corrected chi connectivity index (χ0v) is 10.4. The zero-order valence-electron chi connectivity index (χ0n) is 9.60. The number of hydrogen-bond donors (Lipinski definition) is 1. The minimum absolute atomic E-state index is 0.491. The summed E-state index contributed by atoms with van der Waals surface area (Å²) in [5, 5.41) is 11.1. The SMILES string of the molecule is CC(O)(Cc1cccnc1)c1ccccc1Cl. The summed E-state index contributed by atoms with van der Waals surface area (Å²) in [5.74, 6) is 0. The van der Waals surface area contributed by atoms with Crippen LogP contribution in [0.2, 0.25) is 5.02 Å². The second-order valence-electron chi connectivity index (χ2n) is 4.29. The van der Waals surface area contributed by atoms with Gasteiger partial charge in [-0.1, -0.05) is 35.9 Å². The van der Waals surface area contributed by atoms with E-state index >= 15 is 0 Å². The molecule has 2 nitrogen and oxygen atoms in total. The van der Waals surface area contributed by atoms with E-state index in [4.69, 9.17) is 11.6 Å². The summed E-state index contributed by atoms with van der Waals surface area (Å²) in [6.45, 7) is 1.77. The van der Waals surface area contributed by atoms with Crippen LogP contribution in [0.25, 0.3) is 0 Å². The molecular weight excluding hydrogens is 234 g/mol. The lowest BCUT2D eigenvalue weighted by molar-refractivity contribution is 0.0576. The first kappa shape index (κ1) is 12.1. The van der Waals surface area contributed by atoms with E-state index in [1.165, 1.54) is 0 Å². The molecule has 0 bridgehead atoms. The van der Waals surface area contributed by atoms with Gasteiger partial charge in [0.05, 0.1) is 5.60 Å². The smallest absolute Gasteiger partial charge is 0.0923 e. The number of nitrogens with zero attached hydrogens (tertiary/aromatic N) is 1. The van der Waals surface area contributed by atoms with E-state index in [2.05, 4.69) is 4.98 Å². The summed E-state index contributed by atoms with van der Waals surface area (Å²) in [6, 6.07) is 11.2. The Morgan fingerprint density at radius 2 is 2.00 bits per heavy atom. The third-order valence-corrected chi connectivity index (χ3v) is 3.05. The molecule has 1 aromatic heterocycles. The minimum atomic E-state index is -0.985. The van der Waals surface area contributed by atoms with Crippen LogP contribution in [0.4, 0.5) is 0 Å². The van der Waals surface area contributed by atoms with Crippen molar-refractivity contribution in [2.24, 2.45) is 0 Å². The molecule has 2 rings (SSSR count). The highest BCUT2D eigenvalue weighted by Crippen LogP contribution is 2.30. The molecule has 0 aliphatic heterocycles. The van der Waals surface area contributed by atoms with Crippen LogP contribution in [0.5, 0.6) is 0 Å². The number of benzene rings is 1. The molecule has 0 radical (unpaired) electrons. The number of halogens is 1. The molecule has 88 valence electrons. The van der Waals surface area contributed by atoms with E-state index in [-0.39, 0.29) is 0 Å². The Kier molecular flexibility index (Phi) is 3.46. The van der Waals surface area contributed by atoms with Crippen LogP contribution in [0.1, 0.15) is 18.1 Å². The third-order valence-electron chi connectivity index (χ3n) is 2.73. The van der Waals surface area contributed by atoms with E-state index in [0.717, 1.165) is 11.1 Å². The Morgan fingerprint density at radius 3 is 2.65 bits per heavy atom. The molecule has 3 heteroatoms. The van der Waals surface area contributed by atoms with Crippen molar-refractivity contribution in [3.8, 4) is 0 Å². The van der Waals surface area contributed by atoms with Crippen LogP contribution in [0.15, 0.2) is 48.8 Å². The molecule has 17 heavy (non-hydrogen) atoms. The number of hydrogen-bond acceptors (Lipinski definition) is 2. The Morgan fingerprint density at radius 1 is 1.24 bits per heavy atom. The quantitative estimate of drug-likeness (QED) is 0.904. The molecule has 0 saturated heterocycles. The highest BCUT2D eigenvalue weighted by Gasteiger charge is 2.25. The van der Waals surface area contributed by atoms with E-state index in [1.54, 1.807) is 25.4 Å². The van der Waals surface area contributed by atoms with Crippen molar-refractivity contribution in [2.75, 3.05) is 0 Å². The number of pyridine rings is 1. The molecular formula is C14H14ClNO. The van der Waals surface area contributed by atoms with Gasteiger partial charge in [0.1, 0.15) is 0 Å². The van der Waals surface area contributed by atoms with Gasteiger partial charge in [-0.25, -0.2) is 0 Å². The van der Waals surface area contributed by atoms with Gasteiger partial charge < -0.3 is 5.11 Å². The summed E-state index contributed by atoms with van der Waals surface area (Å²) >= 11 is 6.10. The van der Waals surface area contributed by atoms with Gasteiger partial charge in [-0.05, 0) is 24.6 Å². The first-order chi connectivity index (χ1) is 8.09.